The number of aromatic amines is 1. The first kappa shape index (κ1) is 50.2. The maximum absolute atomic E-state index is 15.7. The van der Waals surface area contributed by atoms with Crippen molar-refractivity contribution in [1.82, 2.24) is 29.4 Å². The summed E-state index contributed by atoms with van der Waals surface area (Å²) < 4.78 is 95.6. The maximum Gasteiger partial charge on any atom is 0.301 e. The normalized spacial score (nSPS) is 18.8. The maximum atomic E-state index is 15.7. The fraction of sp³-hybridized carbons (Fsp3) is 0.388. The van der Waals surface area contributed by atoms with E-state index in [0.717, 1.165) is 65.3 Å². The number of anilines is 2. The highest BCUT2D eigenvalue weighted by atomic mass is 32.2. The second-order valence-electron chi connectivity index (χ2n) is 17.5. The van der Waals surface area contributed by atoms with Crippen LogP contribution in [-0.4, -0.2) is 166 Å². The van der Waals surface area contributed by atoms with Crippen LogP contribution in [0, 0.1) is 11.6 Å². The first-order valence-electron chi connectivity index (χ1n) is 23.5. The molecule has 2 unspecified atom stereocenters. The Morgan fingerprint density at radius 3 is 2.21 bits per heavy atom. The molecule has 0 saturated carbocycles. The second-order valence-corrected chi connectivity index (χ2v) is 19.2. The number of amides is 4. The van der Waals surface area contributed by atoms with Crippen molar-refractivity contribution in [2.75, 3.05) is 102 Å². The van der Waals surface area contributed by atoms with Gasteiger partial charge in [-0.05, 0) is 66.9 Å². The summed E-state index contributed by atoms with van der Waals surface area (Å²) in [5.41, 5.74) is 1.25. The van der Waals surface area contributed by atoms with Crippen LogP contribution in [0.2, 0.25) is 0 Å². The minimum atomic E-state index is -4.37. The Balaban J connectivity index is 0.645. The Kier molecular flexibility index (Phi) is 15.3. The van der Waals surface area contributed by atoms with Gasteiger partial charge in [-0.25, -0.2) is 18.2 Å². The summed E-state index contributed by atoms with van der Waals surface area (Å²) in [6.45, 7) is 5.96. The number of carbonyl (C=O) groups excluding carboxylic acids is 5. The van der Waals surface area contributed by atoms with Crippen LogP contribution in [0.4, 0.5) is 24.5 Å². The molecule has 2 aromatic heterocycles. The van der Waals surface area contributed by atoms with E-state index in [1.807, 2.05) is 10.8 Å². The van der Waals surface area contributed by atoms with E-state index in [1.54, 1.807) is 48.7 Å². The Hall–Kier alpha value is -6.76. The van der Waals surface area contributed by atoms with E-state index >= 15 is 8.78 Å². The fourth-order valence-electron chi connectivity index (χ4n) is 9.02. The number of rotatable bonds is 21. The number of ketones is 1. The number of aromatic nitrogens is 2. The van der Waals surface area contributed by atoms with Gasteiger partial charge in [0.25, 0.3) is 11.8 Å². The molecule has 4 aliphatic rings. The largest absolute Gasteiger partial charge is 0.491 e. The lowest BCUT2D eigenvalue weighted by molar-refractivity contribution is -0.136. The number of alkyl halides is 1. The van der Waals surface area contributed by atoms with Crippen LogP contribution in [0.5, 0.6) is 5.75 Å². The highest BCUT2D eigenvalue weighted by Crippen LogP contribution is 2.33. The zero-order valence-corrected chi connectivity index (χ0v) is 39.7. The smallest absolute Gasteiger partial charge is 0.301 e. The topological polar surface area (TPSA) is 222 Å². The molecule has 4 aliphatic heterocycles. The molecule has 6 heterocycles. The van der Waals surface area contributed by atoms with Crippen LogP contribution in [0.3, 0.4) is 0 Å². The predicted molar refractivity (Wildman–Crippen MR) is 255 cm³/mol. The summed E-state index contributed by atoms with van der Waals surface area (Å²) in [6.07, 6.45) is 1.66. The molecular weight excluding hydrogens is 966 g/mol. The van der Waals surface area contributed by atoms with Gasteiger partial charge in [0.2, 0.25) is 17.6 Å². The first-order valence-corrected chi connectivity index (χ1v) is 24.9. The van der Waals surface area contributed by atoms with Crippen molar-refractivity contribution in [3.63, 3.8) is 0 Å². The number of piperazine rings is 1. The van der Waals surface area contributed by atoms with Crippen LogP contribution < -0.4 is 19.7 Å². The molecule has 0 aliphatic carbocycles. The number of benzene rings is 3. The molecule has 3 saturated heterocycles. The molecular formula is C49H51F3N8O11S. The van der Waals surface area contributed by atoms with Crippen LogP contribution in [0.25, 0.3) is 22.2 Å². The molecule has 23 heteroatoms. The summed E-state index contributed by atoms with van der Waals surface area (Å²) in [4.78, 5) is 76.6. The molecule has 380 valence electrons. The molecule has 0 radical (unpaired) electrons. The zero-order chi connectivity index (χ0) is 50.5. The zero-order valence-electron chi connectivity index (χ0n) is 38.9. The number of carbonyl (C=O) groups is 5. The average Bonchev–Trinajstić information content (AvgIpc) is 4.08. The number of H-pyrrole nitrogens is 1. The van der Waals surface area contributed by atoms with Crippen molar-refractivity contribution in [3.05, 3.63) is 107 Å². The van der Waals surface area contributed by atoms with Gasteiger partial charge in [-0.15, -0.1) is 0 Å². The van der Waals surface area contributed by atoms with Gasteiger partial charge in [-0.3, -0.25) is 43.8 Å². The SMILES string of the molecule is O=C1CCC(N2C(=O)c3ccc(N4CCN(CCOCCOCCOCCOc5ccc(-c6cnc7[nH]cc(C(=O)c8c(F)ccc(NS(=O)(=O)N9CCC(F)C9)c8F)c7c6)cc5)CC4)cc3C2=O)C(=O)N1. The van der Waals surface area contributed by atoms with E-state index in [1.165, 1.54) is 6.20 Å². The minimum Gasteiger partial charge on any atom is -0.491 e. The second kappa shape index (κ2) is 21.9. The van der Waals surface area contributed by atoms with E-state index in [9.17, 15) is 36.8 Å². The van der Waals surface area contributed by atoms with E-state index in [-0.39, 0.29) is 60.1 Å². The number of fused-ring (bicyclic) bond motifs is 2. The molecule has 19 nitrogen and oxygen atoms in total. The standard InChI is InChI=1S/C49H51F3N8O11S/c50-32-11-12-59(29-32)72(66,67)56-40-8-7-39(51)43(44(40)52)45(62)38-28-54-46-36(38)25-31(27-53-46)30-1-4-34(5-2-30)71-24-23-70-22-21-69-20-19-68-18-17-57-13-15-58(16-14-57)33-3-6-35-37(26-33)49(65)60(48(35)64)41-9-10-42(61)55-47(41)63/h1-8,25-28,32,41,56H,9-24,29H2,(H,53,54)(H,55,61,63). The number of halogens is 3. The summed E-state index contributed by atoms with van der Waals surface area (Å²) in [6, 6.07) is 14.6. The number of nitrogens with one attached hydrogen (secondary N) is 3. The molecule has 3 N–H and O–H groups in total. The van der Waals surface area contributed by atoms with Gasteiger partial charge in [-0.2, -0.15) is 12.7 Å². The summed E-state index contributed by atoms with van der Waals surface area (Å²) in [7, 11) is -4.37. The van der Waals surface area contributed by atoms with Crippen LogP contribution in [-0.2, 0) is 34.0 Å². The van der Waals surface area contributed by atoms with Gasteiger partial charge in [0.1, 0.15) is 36.0 Å². The molecule has 3 fully saturated rings. The van der Waals surface area contributed by atoms with Crippen molar-refractivity contribution < 1.29 is 64.5 Å². The van der Waals surface area contributed by atoms with E-state index in [4.69, 9.17) is 18.9 Å². The Morgan fingerprint density at radius 2 is 1.50 bits per heavy atom. The van der Waals surface area contributed by atoms with Crippen molar-refractivity contribution in [3.8, 4) is 16.9 Å². The van der Waals surface area contributed by atoms with Crippen LogP contribution in [0.1, 0.15) is 55.9 Å². The number of nitrogens with zero attached hydrogens (tertiary/aromatic N) is 5. The number of imide groups is 2. The molecule has 3 aromatic carbocycles. The minimum absolute atomic E-state index is 0.00940. The third kappa shape index (κ3) is 11.0. The molecule has 9 rings (SSSR count). The Bertz CT molecular complexity index is 2990. The van der Waals surface area contributed by atoms with Gasteiger partial charge in [0, 0.05) is 86.8 Å². The summed E-state index contributed by atoms with van der Waals surface area (Å²) in [5, 5.41) is 2.50. The fourth-order valence-corrected chi connectivity index (χ4v) is 10.3. The van der Waals surface area contributed by atoms with Crippen molar-refractivity contribution in [1.29, 1.82) is 0 Å². The first-order chi connectivity index (χ1) is 34.8. The van der Waals surface area contributed by atoms with Gasteiger partial charge >= 0.3 is 10.2 Å². The van der Waals surface area contributed by atoms with Gasteiger partial charge in [0.15, 0.2) is 5.82 Å². The number of hydrogen-bond donors (Lipinski definition) is 3. The summed E-state index contributed by atoms with van der Waals surface area (Å²) >= 11 is 0. The van der Waals surface area contributed by atoms with E-state index < -0.39 is 81.3 Å². The quantitative estimate of drug-likeness (QED) is 0.0536. The monoisotopic (exact) mass is 1020 g/mol. The number of hydrogen-bond acceptors (Lipinski definition) is 14. The molecule has 5 aromatic rings. The van der Waals surface area contributed by atoms with Gasteiger partial charge < -0.3 is 28.8 Å². The number of ether oxygens (including phenoxy) is 4. The summed E-state index contributed by atoms with van der Waals surface area (Å²) in [5.74, 6) is -5.16. The van der Waals surface area contributed by atoms with E-state index in [0.29, 0.717) is 51.0 Å². The lowest BCUT2D eigenvalue weighted by Gasteiger charge is -2.36. The third-order valence-electron chi connectivity index (χ3n) is 12.9. The lowest BCUT2D eigenvalue weighted by atomic mass is 10.00. The average molecular weight is 1020 g/mol. The molecule has 0 bridgehead atoms. The van der Waals surface area contributed by atoms with Crippen molar-refractivity contribution in [2.24, 2.45) is 0 Å². The Morgan fingerprint density at radius 1 is 0.792 bits per heavy atom. The molecule has 4 amide bonds. The Labute approximate surface area is 411 Å². The van der Waals surface area contributed by atoms with Crippen molar-refractivity contribution >= 4 is 62.0 Å². The van der Waals surface area contributed by atoms with Crippen LogP contribution in [0.15, 0.2) is 73.1 Å². The molecule has 0 spiro atoms. The predicted octanol–water partition coefficient (Wildman–Crippen LogP) is 4.09. The van der Waals surface area contributed by atoms with Crippen LogP contribution >= 0.6 is 0 Å². The van der Waals surface area contributed by atoms with Gasteiger partial charge in [0.05, 0.1) is 62.0 Å². The highest BCUT2D eigenvalue weighted by molar-refractivity contribution is 7.90. The van der Waals surface area contributed by atoms with Gasteiger partial charge in [-0.1, -0.05) is 12.1 Å². The number of piperidine rings is 1. The lowest BCUT2D eigenvalue weighted by Crippen LogP contribution is -2.54. The number of pyridine rings is 1. The third-order valence-corrected chi connectivity index (χ3v) is 14.4. The highest BCUT2D eigenvalue weighted by Gasteiger charge is 2.45. The molecule has 2 atom stereocenters. The van der Waals surface area contributed by atoms with E-state index in [2.05, 4.69) is 25.1 Å². The van der Waals surface area contributed by atoms with Crippen molar-refractivity contribution in [2.45, 2.75) is 31.5 Å². The molecule has 72 heavy (non-hydrogen) atoms.